The first-order chi connectivity index (χ1) is 13.1. The Balaban J connectivity index is 1.69. The van der Waals surface area contributed by atoms with E-state index in [4.69, 9.17) is 18.8 Å². The Morgan fingerprint density at radius 1 is 1.29 bits per heavy atom. The normalized spacial score (nSPS) is 29.3. The Bertz CT molecular complexity index is 991. The van der Waals surface area contributed by atoms with Crippen molar-refractivity contribution in [3.63, 3.8) is 0 Å². The molecule has 0 unspecified atom stereocenters. The lowest BCUT2D eigenvalue weighted by Gasteiger charge is -2.24. The van der Waals surface area contributed by atoms with Crippen LogP contribution in [-0.4, -0.2) is 66.6 Å². The molecule has 2 N–H and O–H groups in total. The van der Waals surface area contributed by atoms with Gasteiger partial charge in [0, 0.05) is 20.0 Å². The number of anilines is 1. The van der Waals surface area contributed by atoms with E-state index in [0.29, 0.717) is 17.6 Å². The molecule has 154 valence electrons. The molecule has 0 bridgehead atoms. The van der Waals surface area contributed by atoms with Gasteiger partial charge in [0.15, 0.2) is 22.8 Å². The van der Waals surface area contributed by atoms with E-state index in [2.05, 4.69) is 15.0 Å². The molecule has 2 fully saturated rings. The molecule has 2 aliphatic rings. The summed E-state index contributed by atoms with van der Waals surface area (Å²) < 4.78 is 41.5. The molecular weight excluding hydrogens is 388 g/mol. The highest BCUT2D eigenvalue weighted by Gasteiger charge is 2.55. The summed E-state index contributed by atoms with van der Waals surface area (Å²) in [4.78, 5) is 15.1. The van der Waals surface area contributed by atoms with Crippen molar-refractivity contribution in [1.82, 2.24) is 19.5 Å². The predicted molar refractivity (Wildman–Crippen MR) is 99.7 cm³/mol. The Hall–Kier alpha value is -1.86. The lowest BCUT2D eigenvalue weighted by Crippen LogP contribution is -2.30. The average Bonchev–Trinajstić information content (AvgIpc) is 3.22. The van der Waals surface area contributed by atoms with Crippen LogP contribution in [0.1, 0.15) is 26.3 Å². The monoisotopic (exact) mass is 412 g/mol. The maximum absolute atomic E-state index is 11.2. The smallest absolute Gasteiger partial charge is 0.333 e. The fraction of sp³-hybridized carbons (Fsp3) is 0.688. The number of nitrogens with zero attached hydrogens (tertiary/aromatic N) is 5. The summed E-state index contributed by atoms with van der Waals surface area (Å²) in [7, 11) is -0.247. The van der Waals surface area contributed by atoms with Gasteiger partial charge in [0.2, 0.25) is 0 Å². The zero-order valence-electron chi connectivity index (χ0n) is 16.1. The highest BCUT2D eigenvalue weighted by Crippen LogP contribution is 2.47. The van der Waals surface area contributed by atoms with E-state index in [9.17, 15) is 8.42 Å². The average molecular weight is 412 g/mol. The van der Waals surface area contributed by atoms with Crippen LogP contribution in [0, 0.1) is 5.92 Å². The summed E-state index contributed by atoms with van der Waals surface area (Å²) in [5.41, 5.74) is 1.37. The van der Waals surface area contributed by atoms with Gasteiger partial charge >= 0.3 is 10.3 Å². The van der Waals surface area contributed by atoms with Gasteiger partial charge in [0.25, 0.3) is 0 Å². The molecule has 1 aliphatic heterocycles. The number of fused-ring (bicyclic) bond motifs is 2. The minimum absolute atomic E-state index is 0.0689. The van der Waals surface area contributed by atoms with Crippen molar-refractivity contribution in [3.8, 4) is 0 Å². The lowest BCUT2D eigenvalue weighted by molar-refractivity contribution is -0.161. The molecule has 3 heterocycles. The molecule has 2 aromatic heterocycles. The molecule has 2 aromatic rings. The van der Waals surface area contributed by atoms with Gasteiger partial charge in [0.1, 0.15) is 12.4 Å². The maximum atomic E-state index is 11.2. The molecule has 11 nitrogen and oxygen atoms in total. The maximum Gasteiger partial charge on any atom is 0.333 e. The number of aromatic nitrogens is 4. The van der Waals surface area contributed by atoms with Gasteiger partial charge in [-0.1, -0.05) is 0 Å². The van der Waals surface area contributed by atoms with E-state index < -0.39 is 16.1 Å². The van der Waals surface area contributed by atoms with Crippen LogP contribution >= 0.6 is 0 Å². The Morgan fingerprint density at radius 3 is 2.68 bits per heavy atom. The first-order valence-electron chi connectivity index (χ1n) is 8.93. The van der Waals surface area contributed by atoms with Crippen LogP contribution in [0.15, 0.2) is 12.7 Å². The highest BCUT2D eigenvalue weighted by molar-refractivity contribution is 7.84. The molecule has 1 saturated heterocycles. The van der Waals surface area contributed by atoms with Crippen molar-refractivity contribution in [2.75, 3.05) is 25.6 Å². The van der Waals surface area contributed by atoms with Gasteiger partial charge < -0.3 is 18.9 Å². The van der Waals surface area contributed by atoms with Crippen molar-refractivity contribution >= 4 is 27.3 Å². The number of ether oxygens (including phenoxy) is 2. The molecule has 12 heteroatoms. The van der Waals surface area contributed by atoms with Crippen molar-refractivity contribution in [2.24, 2.45) is 11.1 Å². The molecule has 0 radical (unpaired) electrons. The van der Waals surface area contributed by atoms with Gasteiger partial charge in [-0.05, 0) is 20.3 Å². The second-order valence-corrected chi connectivity index (χ2v) is 9.04. The second-order valence-electron chi connectivity index (χ2n) is 7.82. The van der Waals surface area contributed by atoms with Crippen LogP contribution in [0.5, 0.6) is 0 Å². The first-order valence-corrected chi connectivity index (χ1v) is 10.4. The summed E-state index contributed by atoms with van der Waals surface area (Å²) >= 11 is 0. The van der Waals surface area contributed by atoms with E-state index in [1.807, 2.05) is 37.4 Å². The molecule has 0 amide bonds. The standard InChI is InChI=1S/C16H24N6O5S/c1-16(2)26-12-9(6-25-28(17,23)24)5-10(13(12)27-16)22-8-20-11-14(21(3)4)18-7-19-15(11)22/h7-10,12-13H,5-6H2,1-4H3,(H2,17,23,24)/t9-,10-,12-,13+/m1/s1. The highest BCUT2D eigenvalue weighted by atomic mass is 32.2. The minimum Gasteiger partial charge on any atom is -0.361 e. The van der Waals surface area contributed by atoms with E-state index in [0.717, 1.165) is 5.82 Å². The van der Waals surface area contributed by atoms with Crippen LogP contribution in [0.3, 0.4) is 0 Å². The number of hydrogen-bond acceptors (Lipinski definition) is 9. The summed E-state index contributed by atoms with van der Waals surface area (Å²) in [6, 6.07) is -0.143. The van der Waals surface area contributed by atoms with Gasteiger partial charge in [-0.15, -0.1) is 0 Å². The van der Waals surface area contributed by atoms with E-state index >= 15 is 0 Å². The number of imidazole rings is 1. The molecule has 4 atom stereocenters. The molecular formula is C16H24N6O5S. The van der Waals surface area contributed by atoms with E-state index in [1.54, 1.807) is 6.33 Å². The third kappa shape index (κ3) is 3.46. The fourth-order valence-electron chi connectivity index (χ4n) is 4.08. The molecule has 1 aliphatic carbocycles. The molecule has 0 spiro atoms. The van der Waals surface area contributed by atoms with Gasteiger partial charge in [-0.3, -0.25) is 4.18 Å². The Morgan fingerprint density at radius 2 is 2.00 bits per heavy atom. The van der Waals surface area contributed by atoms with Crippen molar-refractivity contribution in [2.45, 2.75) is 44.3 Å². The fourth-order valence-corrected chi connectivity index (χ4v) is 4.45. The Labute approximate surface area is 163 Å². The van der Waals surface area contributed by atoms with Crippen molar-refractivity contribution < 1.29 is 22.1 Å². The van der Waals surface area contributed by atoms with Crippen LogP contribution in [0.4, 0.5) is 5.82 Å². The zero-order valence-corrected chi connectivity index (χ0v) is 17.0. The summed E-state index contributed by atoms with van der Waals surface area (Å²) in [6.07, 6.45) is 3.17. The second kappa shape index (κ2) is 6.59. The third-order valence-corrected chi connectivity index (χ3v) is 5.58. The molecule has 4 rings (SSSR count). The molecule has 1 saturated carbocycles. The van der Waals surface area contributed by atoms with Crippen molar-refractivity contribution in [1.29, 1.82) is 0 Å². The zero-order chi connectivity index (χ0) is 20.3. The third-order valence-electron chi connectivity index (χ3n) is 5.12. The van der Waals surface area contributed by atoms with E-state index in [-0.39, 0.29) is 30.8 Å². The summed E-state index contributed by atoms with van der Waals surface area (Å²) in [6.45, 7) is 3.59. The summed E-state index contributed by atoms with van der Waals surface area (Å²) in [5.74, 6) is -0.271. The molecule has 0 aromatic carbocycles. The topological polar surface area (TPSA) is 135 Å². The lowest BCUT2D eigenvalue weighted by atomic mass is 10.1. The first kappa shape index (κ1) is 19.5. The van der Waals surface area contributed by atoms with E-state index in [1.165, 1.54) is 6.33 Å². The van der Waals surface area contributed by atoms with Crippen LogP contribution in [0.2, 0.25) is 0 Å². The summed E-state index contributed by atoms with van der Waals surface area (Å²) in [5, 5.41) is 4.99. The number of hydrogen-bond donors (Lipinski definition) is 1. The number of nitrogens with two attached hydrogens (primary N) is 1. The van der Waals surface area contributed by atoms with Crippen LogP contribution in [0.25, 0.3) is 11.2 Å². The number of rotatable bonds is 5. The quantitative estimate of drug-likeness (QED) is 0.730. The van der Waals surface area contributed by atoms with Gasteiger partial charge in [-0.25, -0.2) is 20.1 Å². The van der Waals surface area contributed by atoms with Crippen LogP contribution < -0.4 is 10.0 Å². The molecule has 28 heavy (non-hydrogen) atoms. The van der Waals surface area contributed by atoms with Crippen LogP contribution in [-0.2, 0) is 24.0 Å². The van der Waals surface area contributed by atoms with Gasteiger partial charge in [0.05, 0.1) is 25.1 Å². The SMILES string of the molecule is CN(C)c1ncnc2c1ncn2[C@@H]1C[C@H](COS(N)(=O)=O)[C@H]2OC(C)(C)O[C@H]21. The largest absolute Gasteiger partial charge is 0.361 e. The van der Waals surface area contributed by atoms with Crippen molar-refractivity contribution in [3.05, 3.63) is 12.7 Å². The minimum atomic E-state index is -4.03. The van der Waals surface area contributed by atoms with Gasteiger partial charge in [-0.2, -0.15) is 8.42 Å². The predicted octanol–water partition coefficient (Wildman–Crippen LogP) is 0.194. The Kier molecular flexibility index (Phi) is 4.58.